The van der Waals surface area contributed by atoms with Crippen LogP contribution in [0.5, 0.6) is 11.5 Å². The number of ketones is 1. The molecule has 25 heavy (non-hydrogen) atoms. The second kappa shape index (κ2) is 7.36. The number of benzene rings is 2. The molecule has 0 N–H and O–H groups in total. The van der Waals surface area contributed by atoms with E-state index in [4.69, 9.17) is 21.1 Å². The molecule has 0 unspecified atom stereocenters. The van der Waals surface area contributed by atoms with Gasteiger partial charge in [0.15, 0.2) is 17.3 Å². The normalized spacial score (nSPS) is 13.5. The summed E-state index contributed by atoms with van der Waals surface area (Å²) in [5.74, 6) is 0.695. The molecule has 0 amide bonds. The standard InChI is InChI=1S/C18H14ClNO5/c19-15-9-12(10-17-18(15)25-8-2-7-24-17)5-6-16(21)13-3-1-4-14(11-13)20(22)23/h1,3-6,9-11H,2,7-8H2/b6-5+. The van der Waals surface area contributed by atoms with Crippen molar-refractivity contribution in [3.63, 3.8) is 0 Å². The third-order valence-corrected chi connectivity index (χ3v) is 3.87. The molecule has 1 heterocycles. The maximum absolute atomic E-state index is 12.2. The molecule has 0 saturated carbocycles. The molecule has 1 aliphatic rings. The first-order valence-corrected chi connectivity index (χ1v) is 7.98. The molecular weight excluding hydrogens is 346 g/mol. The second-order valence-corrected chi connectivity index (χ2v) is 5.79. The average molecular weight is 360 g/mol. The van der Waals surface area contributed by atoms with Gasteiger partial charge in [0, 0.05) is 24.1 Å². The number of hydrogen-bond acceptors (Lipinski definition) is 5. The molecular formula is C18H14ClNO5. The van der Waals surface area contributed by atoms with E-state index in [0.717, 1.165) is 6.42 Å². The predicted molar refractivity (Wildman–Crippen MR) is 93.5 cm³/mol. The van der Waals surface area contributed by atoms with E-state index in [1.165, 1.54) is 30.3 Å². The lowest BCUT2D eigenvalue weighted by molar-refractivity contribution is -0.384. The Morgan fingerprint density at radius 3 is 2.80 bits per heavy atom. The van der Waals surface area contributed by atoms with Crippen LogP contribution in [0.25, 0.3) is 6.08 Å². The van der Waals surface area contributed by atoms with Crippen molar-refractivity contribution < 1.29 is 19.2 Å². The van der Waals surface area contributed by atoms with Crippen molar-refractivity contribution in [3.8, 4) is 11.5 Å². The second-order valence-electron chi connectivity index (χ2n) is 5.39. The van der Waals surface area contributed by atoms with Gasteiger partial charge in [-0.15, -0.1) is 0 Å². The zero-order valence-electron chi connectivity index (χ0n) is 13.1. The minimum atomic E-state index is -0.538. The highest BCUT2D eigenvalue weighted by molar-refractivity contribution is 6.32. The van der Waals surface area contributed by atoms with Crippen molar-refractivity contribution in [2.24, 2.45) is 0 Å². The Morgan fingerprint density at radius 2 is 2.00 bits per heavy atom. The zero-order chi connectivity index (χ0) is 17.8. The van der Waals surface area contributed by atoms with Crippen LogP contribution in [-0.4, -0.2) is 23.9 Å². The van der Waals surface area contributed by atoms with Gasteiger partial charge in [-0.05, 0) is 23.8 Å². The van der Waals surface area contributed by atoms with E-state index in [1.54, 1.807) is 18.2 Å². The lowest BCUT2D eigenvalue weighted by atomic mass is 10.1. The molecule has 0 radical (unpaired) electrons. The van der Waals surface area contributed by atoms with Crippen molar-refractivity contribution in [3.05, 3.63) is 68.7 Å². The fraction of sp³-hybridized carbons (Fsp3) is 0.167. The van der Waals surface area contributed by atoms with Crippen LogP contribution in [0.2, 0.25) is 5.02 Å². The number of nitro groups is 1. The fourth-order valence-corrected chi connectivity index (χ4v) is 2.66. The molecule has 3 rings (SSSR count). The first kappa shape index (κ1) is 17.0. The molecule has 0 spiro atoms. The van der Waals surface area contributed by atoms with Crippen LogP contribution < -0.4 is 9.47 Å². The summed E-state index contributed by atoms with van der Waals surface area (Å²) in [4.78, 5) is 22.5. The Balaban J connectivity index is 1.83. The van der Waals surface area contributed by atoms with Gasteiger partial charge in [-0.25, -0.2) is 0 Å². The molecule has 6 nitrogen and oxygen atoms in total. The number of nitro benzene ring substituents is 1. The number of allylic oxidation sites excluding steroid dienone is 1. The summed E-state index contributed by atoms with van der Waals surface area (Å²) in [5.41, 5.74) is 0.789. The van der Waals surface area contributed by atoms with Crippen LogP contribution in [0.4, 0.5) is 5.69 Å². The van der Waals surface area contributed by atoms with Gasteiger partial charge in [0.2, 0.25) is 0 Å². The number of hydrogen-bond donors (Lipinski definition) is 0. The summed E-state index contributed by atoms with van der Waals surface area (Å²) in [6.07, 6.45) is 3.69. The van der Waals surface area contributed by atoms with E-state index in [9.17, 15) is 14.9 Å². The molecule has 0 aliphatic carbocycles. The summed E-state index contributed by atoms with van der Waals surface area (Å²) < 4.78 is 11.2. The van der Waals surface area contributed by atoms with E-state index in [2.05, 4.69) is 0 Å². The number of ether oxygens (including phenoxy) is 2. The van der Waals surface area contributed by atoms with Crippen LogP contribution in [0.3, 0.4) is 0 Å². The first-order chi connectivity index (χ1) is 12.0. The van der Waals surface area contributed by atoms with Gasteiger partial charge < -0.3 is 9.47 Å². The maximum atomic E-state index is 12.2. The summed E-state index contributed by atoms with van der Waals surface area (Å²) in [5, 5.41) is 11.2. The zero-order valence-corrected chi connectivity index (χ0v) is 13.9. The fourth-order valence-electron chi connectivity index (χ4n) is 2.39. The molecule has 1 aliphatic heterocycles. The molecule has 2 aromatic rings. The van der Waals surface area contributed by atoms with Crippen molar-refractivity contribution in [2.45, 2.75) is 6.42 Å². The molecule has 7 heteroatoms. The van der Waals surface area contributed by atoms with Crippen LogP contribution in [0, 0.1) is 10.1 Å². The van der Waals surface area contributed by atoms with Crippen LogP contribution in [0.15, 0.2) is 42.5 Å². The number of halogens is 1. The largest absolute Gasteiger partial charge is 0.489 e. The van der Waals surface area contributed by atoms with Gasteiger partial charge in [0.1, 0.15) is 0 Å². The monoisotopic (exact) mass is 359 g/mol. The van der Waals surface area contributed by atoms with E-state index >= 15 is 0 Å². The minimum Gasteiger partial charge on any atom is -0.489 e. The van der Waals surface area contributed by atoms with E-state index in [0.29, 0.717) is 35.3 Å². The minimum absolute atomic E-state index is 0.127. The smallest absolute Gasteiger partial charge is 0.270 e. The van der Waals surface area contributed by atoms with Crippen LogP contribution in [0.1, 0.15) is 22.3 Å². The van der Waals surface area contributed by atoms with Crippen molar-refractivity contribution in [1.29, 1.82) is 0 Å². The number of carbonyl (C=O) groups excluding carboxylic acids is 1. The van der Waals surface area contributed by atoms with Gasteiger partial charge in [-0.2, -0.15) is 0 Å². The first-order valence-electron chi connectivity index (χ1n) is 7.60. The number of nitrogens with zero attached hydrogens (tertiary/aromatic N) is 1. The predicted octanol–water partition coefficient (Wildman–Crippen LogP) is 4.31. The molecule has 2 aromatic carbocycles. The highest BCUT2D eigenvalue weighted by Gasteiger charge is 2.15. The molecule has 0 bridgehead atoms. The molecule has 0 aromatic heterocycles. The van der Waals surface area contributed by atoms with Gasteiger partial charge in [-0.1, -0.05) is 29.8 Å². The Labute approximate surface area is 148 Å². The third kappa shape index (κ3) is 3.97. The lowest BCUT2D eigenvalue weighted by Gasteiger charge is -2.09. The maximum Gasteiger partial charge on any atom is 0.270 e. The average Bonchev–Trinajstić information content (AvgIpc) is 2.85. The van der Waals surface area contributed by atoms with Gasteiger partial charge >= 0.3 is 0 Å². The number of fused-ring (bicyclic) bond motifs is 1. The summed E-state index contributed by atoms with van der Waals surface area (Å²) in [7, 11) is 0. The Hall–Kier alpha value is -2.86. The number of carbonyl (C=O) groups is 1. The van der Waals surface area contributed by atoms with Crippen molar-refractivity contribution in [1.82, 2.24) is 0 Å². The molecule has 128 valence electrons. The summed E-state index contributed by atoms with van der Waals surface area (Å²) >= 11 is 6.21. The summed E-state index contributed by atoms with van der Waals surface area (Å²) in [6.45, 7) is 1.07. The topological polar surface area (TPSA) is 78.7 Å². The van der Waals surface area contributed by atoms with Crippen LogP contribution >= 0.6 is 11.6 Å². The molecule has 0 fully saturated rings. The van der Waals surface area contributed by atoms with Gasteiger partial charge in [-0.3, -0.25) is 14.9 Å². The number of rotatable bonds is 4. The highest BCUT2D eigenvalue weighted by Crippen LogP contribution is 2.38. The van der Waals surface area contributed by atoms with E-state index in [-0.39, 0.29) is 17.0 Å². The Bertz CT molecular complexity index is 863. The van der Waals surface area contributed by atoms with E-state index < -0.39 is 4.92 Å². The van der Waals surface area contributed by atoms with Gasteiger partial charge in [0.05, 0.1) is 23.2 Å². The number of non-ortho nitro benzene ring substituents is 1. The Kier molecular flexibility index (Phi) is 5.00. The third-order valence-electron chi connectivity index (χ3n) is 3.59. The van der Waals surface area contributed by atoms with E-state index in [1.807, 2.05) is 0 Å². The lowest BCUT2D eigenvalue weighted by Crippen LogP contribution is -1.97. The Morgan fingerprint density at radius 1 is 1.20 bits per heavy atom. The highest BCUT2D eigenvalue weighted by atomic mass is 35.5. The SMILES string of the molecule is O=C(/C=C/c1cc(Cl)c2c(c1)OCCCO2)c1cccc([N+](=O)[O-])c1. The molecule has 0 atom stereocenters. The quantitative estimate of drug-likeness (QED) is 0.352. The van der Waals surface area contributed by atoms with Crippen molar-refractivity contribution in [2.75, 3.05) is 13.2 Å². The van der Waals surface area contributed by atoms with Crippen molar-refractivity contribution >= 4 is 29.1 Å². The molecule has 0 saturated heterocycles. The van der Waals surface area contributed by atoms with Crippen LogP contribution in [-0.2, 0) is 0 Å². The summed E-state index contributed by atoms with van der Waals surface area (Å²) in [6, 6.07) is 9.00. The van der Waals surface area contributed by atoms with Gasteiger partial charge in [0.25, 0.3) is 5.69 Å².